The molecule has 2 aromatic heterocycles. The Labute approximate surface area is 142 Å². The number of allylic oxidation sites excluding steroid dienone is 2. The van der Waals surface area contributed by atoms with Gasteiger partial charge in [-0.25, -0.2) is 9.67 Å². The van der Waals surface area contributed by atoms with Crippen molar-refractivity contribution in [3.05, 3.63) is 90.3 Å². The molecule has 0 aliphatic rings. The van der Waals surface area contributed by atoms with Gasteiger partial charge in [-0.2, -0.15) is 0 Å². The molecule has 2 heterocycles. The molecule has 120 valence electrons. The summed E-state index contributed by atoms with van der Waals surface area (Å²) in [4.78, 5) is 4.40. The second kappa shape index (κ2) is 7.42. The molecule has 4 heteroatoms. The third-order valence-electron chi connectivity index (χ3n) is 3.73. The summed E-state index contributed by atoms with van der Waals surface area (Å²) in [7, 11) is 0. The molecule has 0 fully saturated rings. The summed E-state index contributed by atoms with van der Waals surface area (Å²) < 4.78 is 1.85. The lowest BCUT2D eigenvalue weighted by Crippen LogP contribution is -2.03. The molecular formula is C20H20N4. The number of nitrogens with zero attached hydrogens (tertiary/aromatic N) is 3. The molecule has 0 bridgehead atoms. The Bertz CT molecular complexity index is 833. The smallest absolute Gasteiger partial charge is 0.154 e. The quantitative estimate of drug-likeness (QED) is 0.686. The Balaban J connectivity index is 1.94. The fourth-order valence-electron chi connectivity index (χ4n) is 2.47. The number of benzene rings is 1. The van der Waals surface area contributed by atoms with Crippen LogP contribution in [0.15, 0.2) is 73.5 Å². The third kappa shape index (κ3) is 3.43. The van der Waals surface area contributed by atoms with E-state index in [0.717, 1.165) is 29.4 Å². The van der Waals surface area contributed by atoms with E-state index < -0.39 is 0 Å². The van der Waals surface area contributed by atoms with E-state index in [4.69, 9.17) is 5.10 Å². The predicted octanol–water partition coefficient (Wildman–Crippen LogP) is 4.39. The first-order chi connectivity index (χ1) is 11.8. The van der Waals surface area contributed by atoms with Crippen molar-refractivity contribution in [2.45, 2.75) is 13.5 Å². The SMILES string of the molecule is C=C/C=C\c1c(C)c(NCc2ccccc2)nn1-c1ccccn1. The lowest BCUT2D eigenvalue weighted by atomic mass is 10.2. The highest BCUT2D eigenvalue weighted by atomic mass is 15.3. The van der Waals surface area contributed by atoms with Gasteiger partial charge in [0.2, 0.25) is 0 Å². The molecule has 0 amide bonds. The fraction of sp³-hybridized carbons (Fsp3) is 0.100. The van der Waals surface area contributed by atoms with Crippen LogP contribution in [-0.2, 0) is 6.54 Å². The number of pyridine rings is 1. The predicted molar refractivity (Wildman–Crippen MR) is 99.1 cm³/mol. The van der Waals surface area contributed by atoms with Crippen LogP contribution in [0.3, 0.4) is 0 Å². The van der Waals surface area contributed by atoms with E-state index in [1.54, 1.807) is 12.3 Å². The van der Waals surface area contributed by atoms with Crippen LogP contribution in [0.2, 0.25) is 0 Å². The van der Waals surface area contributed by atoms with Gasteiger partial charge in [0.1, 0.15) is 0 Å². The van der Waals surface area contributed by atoms with Crippen LogP contribution in [0.4, 0.5) is 5.82 Å². The molecule has 3 aromatic rings. The highest BCUT2D eigenvalue weighted by Crippen LogP contribution is 2.23. The maximum absolute atomic E-state index is 4.71. The Morgan fingerprint density at radius 1 is 1.12 bits per heavy atom. The minimum Gasteiger partial charge on any atom is -0.364 e. The van der Waals surface area contributed by atoms with Gasteiger partial charge >= 0.3 is 0 Å². The molecule has 0 aliphatic heterocycles. The summed E-state index contributed by atoms with van der Waals surface area (Å²) in [6, 6.07) is 16.1. The standard InChI is InChI=1S/C20H20N4/c1-3-4-12-18-16(2)20(22-15-17-10-6-5-7-11-17)23-24(18)19-13-8-9-14-21-19/h3-14H,1,15H2,2H3,(H,22,23)/b12-4-. The highest BCUT2D eigenvalue weighted by Gasteiger charge is 2.14. The zero-order valence-electron chi connectivity index (χ0n) is 13.7. The Kier molecular flexibility index (Phi) is 4.87. The summed E-state index contributed by atoms with van der Waals surface area (Å²) in [5.41, 5.74) is 3.28. The zero-order valence-corrected chi connectivity index (χ0v) is 13.7. The van der Waals surface area contributed by atoms with Crippen LogP contribution < -0.4 is 5.32 Å². The maximum atomic E-state index is 4.71. The summed E-state index contributed by atoms with van der Waals surface area (Å²) in [6.45, 7) is 6.53. The van der Waals surface area contributed by atoms with Crippen molar-refractivity contribution < 1.29 is 0 Å². The van der Waals surface area contributed by atoms with Gasteiger partial charge in [-0.15, -0.1) is 5.10 Å². The van der Waals surface area contributed by atoms with Crippen LogP contribution in [-0.4, -0.2) is 14.8 Å². The Morgan fingerprint density at radius 3 is 2.62 bits per heavy atom. The lowest BCUT2D eigenvalue weighted by Gasteiger charge is -2.04. The Hall–Kier alpha value is -3.14. The van der Waals surface area contributed by atoms with Crippen LogP contribution in [0.25, 0.3) is 11.9 Å². The molecule has 24 heavy (non-hydrogen) atoms. The van der Waals surface area contributed by atoms with Gasteiger partial charge < -0.3 is 5.32 Å². The summed E-state index contributed by atoms with van der Waals surface area (Å²) >= 11 is 0. The number of anilines is 1. The molecule has 0 atom stereocenters. The molecule has 1 N–H and O–H groups in total. The maximum Gasteiger partial charge on any atom is 0.154 e. The molecule has 0 saturated heterocycles. The van der Waals surface area contributed by atoms with Gasteiger partial charge in [-0.1, -0.05) is 55.1 Å². The van der Waals surface area contributed by atoms with Crippen LogP contribution in [0, 0.1) is 6.92 Å². The van der Waals surface area contributed by atoms with E-state index >= 15 is 0 Å². The van der Waals surface area contributed by atoms with Crippen LogP contribution in [0.5, 0.6) is 0 Å². The zero-order chi connectivity index (χ0) is 16.8. The topological polar surface area (TPSA) is 42.7 Å². The highest BCUT2D eigenvalue weighted by molar-refractivity contribution is 5.61. The van der Waals surface area contributed by atoms with Crippen molar-refractivity contribution >= 4 is 11.9 Å². The average molecular weight is 316 g/mol. The van der Waals surface area contributed by atoms with Crippen molar-refractivity contribution in [2.24, 2.45) is 0 Å². The first-order valence-electron chi connectivity index (χ1n) is 7.87. The number of hydrogen-bond donors (Lipinski definition) is 1. The molecular weight excluding hydrogens is 296 g/mol. The van der Waals surface area contributed by atoms with E-state index in [0.29, 0.717) is 0 Å². The van der Waals surface area contributed by atoms with E-state index in [9.17, 15) is 0 Å². The second-order valence-electron chi connectivity index (χ2n) is 5.39. The number of rotatable bonds is 6. The number of nitrogens with one attached hydrogen (secondary N) is 1. The Morgan fingerprint density at radius 2 is 1.92 bits per heavy atom. The van der Waals surface area contributed by atoms with Crippen LogP contribution >= 0.6 is 0 Å². The van der Waals surface area contributed by atoms with E-state index in [-0.39, 0.29) is 0 Å². The first-order valence-corrected chi connectivity index (χ1v) is 7.87. The molecule has 0 unspecified atom stereocenters. The summed E-state index contributed by atoms with van der Waals surface area (Å²) in [6.07, 6.45) is 7.43. The average Bonchev–Trinajstić information content (AvgIpc) is 2.95. The van der Waals surface area contributed by atoms with Crippen molar-refractivity contribution in [1.82, 2.24) is 14.8 Å². The van der Waals surface area contributed by atoms with Crippen molar-refractivity contribution in [2.75, 3.05) is 5.32 Å². The van der Waals surface area contributed by atoms with Crippen LogP contribution in [0.1, 0.15) is 16.8 Å². The minimum absolute atomic E-state index is 0.728. The van der Waals surface area contributed by atoms with Gasteiger partial charge in [0, 0.05) is 18.3 Å². The van der Waals surface area contributed by atoms with Gasteiger partial charge in [-0.05, 0) is 30.7 Å². The molecule has 0 spiro atoms. The molecule has 4 nitrogen and oxygen atoms in total. The largest absolute Gasteiger partial charge is 0.364 e. The van der Waals surface area contributed by atoms with Crippen molar-refractivity contribution in [1.29, 1.82) is 0 Å². The number of hydrogen-bond acceptors (Lipinski definition) is 3. The fourth-order valence-corrected chi connectivity index (χ4v) is 2.47. The molecule has 0 aliphatic carbocycles. The monoisotopic (exact) mass is 316 g/mol. The number of aromatic nitrogens is 3. The molecule has 1 aromatic carbocycles. The van der Waals surface area contributed by atoms with Crippen molar-refractivity contribution in [3.63, 3.8) is 0 Å². The van der Waals surface area contributed by atoms with Crippen molar-refractivity contribution in [3.8, 4) is 5.82 Å². The summed E-state index contributed by atoms with van der Waals surface area (Å²) in [5, 5.41) is 8.12. The van der Waals surface area contributed by atoms with E-state index in [2.05, 4.69) is 35.9 Å². The third-order valence-corrected chi connectivity index (χ3v) is 3.73. The molecule has 0 radical (unpaired) electrons. The second-order valence-corrected chi connectivity index (χ2v) is 5.39. The molecule has 0 saturated carbocycles. The van der Waals surface area contributed by atoms with Gasteiger partial charge in [0.05, 0.1) is 5.69 Å². The lowest BCUT2D eigenvalue weighted by molar-refractivity contribution is 0.837. The van der Waals surface area contributed by atoms with E-state index in [1.165, 1.54) is 5.56 Å². The van der Waals surface area contributed by atoms with Gasteiger partial charge in [0.15, 0.2) is 11.6 Å². The minimum atomic E-state index is 0.728. The first kappa shape index (κ1) is 15.7. The van der Waals surface area contributed by atoms with Gasteiger partial charge in [-0.3, -0.25) is 0 Å². The van der Waals surface area contributed by atoms with Gasteiger partial charge in [0.25, 0.3) is 0 Å². The normalized spacial score (nSPS) is 10.9. The summed E-state index contributed by atoms with van der Waals surface area (Å²) in [5.74, 6) is 1.64. The molecule has 3 rings (SSSR count). The van der Waals surface area contributed by atoms with E-state index in [1.807, 2.05) is 53.2 Å².